The first kappa shape index (κ1) is 37.7. The zero-order valence-electron chi connectivity index (χ0n) is 28.5. The van der Waals surface area contributed by atoms with E-state index in [-0.39, 0.29) is 17.9 Å². The molecule has 50 heavy (non-hydrogen) atoms. The zero-order valence-corrected chi connectivity index (χ0v) is 29.3. The number of fused-ring (bicyclic) bond motifs is 1. The van der Waals surface area contributed by atoms with E-state index in [2.05, 4.69) is 69.8 Å². The highest BCUT2D eigenvalue weighted by Gasteiger charge is 2.43. The van der Waals surface area contributed by atoms with E-state index < -0.39 is 17.7 Å². The smallest absolute Gasteiger partial charge is 0.475 e. The Kier molecular flexibility index (Phi) is 12.9. The number of amides is 2. The van der Waals surface area contributed by atoms with Gasteiger partial charge in [0.05, 0.1) is 4.88 Å². The number of nitrogens with one attached hydrogen (secondary N) is 2. The number of hydrogen-bond acceptors (Lipinski definition) is 7. The van der Waals surface area contributed by atoms with Crippen LogP contribution in [-0.2, 0) is 20.7 Å². The van der Waals surface area contributed by atoms with Crippen LogP contribution >= 0.6 is 11.3 Å². The molecule has 3 aromatic rings. The predicted octanol–water partition coefficient (Wildman–Crippen LogP) is 5.66. The minimum atomic E-state index is -5.08. The normalized spacial score (nSPS) is 19.4. The lowest BCUT2D eigenvalue weighted by Gasteiger charge is -2.39. The van der Waals surface area contributed by atoms with Crippen LogP contribution in [0.25, 0.3) is 10.1 Å². The van der Waals surface area contributed by atoms with Gasteiger partial charge in [-0.2, -0.15) is 13.2 Å². The molecule has 2 aliphatic heterocycles. The molecule has 2 saturated heterocycles. The second kappa shape index (κ2) is 17.1. The lowest BCUT2D eigenvalue weighted by atomic mass is 9.94. The van der Waals surface area contributed by atoms with E-state index in [0.717, 1.165) is 81.2 Å². The fourth-order valence-electron chi connectivity index (χ4n) is 7.06. The number of thiophene rings is 1. The van der Waals surface area contributed by atoms with Gasteiger partial charge in [0, 0.05) is 63.2 Å². The van der Waals surface area contributed by atoms with Crippen LogP contribution in [0.1, 0.15) is 59.3 Å². The highest BCUT2D eigenvalue weighted by molar-refractivity contribution is 7.20. The van der Waals surface area contributed by atoms with Crippen molar-refractivity contribution in [1.82, 2.24) is 20.4 Å². The van der Waals surface area contributed by atoms with Crippen molar-refractivity contribution in [3.8, 4) is 0 Å². The van der Waals surface area contributed by atoms with Crippen molar-refractivity contribution in [3.63, 3.8) is 0 Å². The third-order valence-corrected chi connectivity index (χ3v) is 10.9. The number of benzene rings is 2. The van der Waals surface area contributed by atoms with Gasteiger partial charge in [0.25, 0.3) is 5.91 Å². The van der Waals surface area contributed by atoms with E-state index >= 15 is 0 Å². The SMILES string of the molecule is Cc1ccc2cc(C(=O)NC3(C(=O)N[C@H](Cc4ccccc4)CN4CCN(CC5CCOCC5)CC4)CCCC3)sc2c1.O=C(O)C(F)(F)F. The molecule has 0 unspecified atom stereocenters. The number of halogens is 3. The number of piperazine rings is 1. The Bertz CT molecular complexity index is 1580. The molecule has 0 spiro atoms. The molecule has 3 fully saturated rings. The number of carboxylic acid groups (broad SMARTS) is 1. The Morgan fingerprint density at radius 2 is 1.62 bits per heavy atom. The molecular weight excluding hydrogens is 669 g/mol. The van der Waals surface area contributed by atoms with Crippen LogP contribution in [0.4, 0.5) is 13.2 Å². The topological polar surface area (TPSA) is 111 Å². The quantitative estimate of drug-likeness (QED) is 0.249. The molecule has 1 aromatic heterocycles. The number of aliphatic carboxylic acids is 1. The number of carboxylic acids is 1. The number of aryl methyl sites for hydroxylation is 1. The number of nitrogens with zero attached hydrogens (tertiary/aromatic N) is 2. The molecule has 3 N–H and O–H groups in total. The van der Waals surface area contributed by atoms with E-state index in [9.17, 15) is 22.8 Å². The third-order valence-electron chi connectivity index (χ3n) is 9.85. The zero-order chi connectivity index (χ0) is 35.7. The molecule has 13 heteroatoms. The van der Waals surface area contributed by atoms with Crippen LogP contribution in [0.15, 0.2) is 54.6 Å². The molecule has 6 rings (SSSR count). The van der Waals surface area contributed by atoms with Crippen LogP contribution in [0, 0.1) is 12.8 Å². The van der Waals surface area contributed by atoms with Crippen molar-refractivity contribution < 1.29 is 37.4 Å². The molecule has 2 aromatic carbocycles. The van der Waals surface area contributed by atoms with Crippen molar-refractivity contribution in [2.45, 2.75) is 69.6 Å². The van der Waals surface area contributed by atoms with Crippen LogP contribution in [0.3, 0.4) is 0 Å². The molecule has 3 aliphatic rings. The summed E-state index contributed by atoms with van der Waals surface area (Å²) in [6, 6.07) is 18.6. The minimum absolute atomic E-state index is 0.0291. The largest absolute Gasteiger partial charge is 0.490 e. The Hall–Kier alpha value is -3.52. The van der Waals surface area contributed by atoms with Crippen molar-refractivity contribution in [2.24, 2.45) is 5.92 Å². The number of hydrogen-bond donors (Lipinski definition) is 3. The summed E-state index contributed by atoms with van der Waals surface area (Å²) in [6.45, 7) is 10.0. The van der Waals surface area contributed by atoms with Crippen molar-refractivity contribution in [1.29, 1.82) is 0 Å². The van der Waals surface area contributed by atoms with Crippen LogP contribution in [-0.4, -0.2) is 103 Å². The van der Waals surface area contributed by atoms with Crippen LogP contribution in [0.2, 0.25) is 0 Å². The average molecular weight is 717 g/mol. The molecule has 0 bridgehead atoms. The number of alkyl halides is 3. The Morgan fingerprint density at radius 1 is 0.980 bits per heavy atom. The van der Waals surface area contributed by atoms with E-state index in [0.29, 0.717) is 17.7 Å². The second-order valence-electron chi connectivity index (χ2n) is 13.7. The fraction of sp³-hybridized carbons (Fsp3) is 0.541. The molecule has 1 aliphatic carbocycles. The molecule has 0 radical (unpaired) electrons. The van der Waals surface area contributed by atoms with E-state index in [4.69, 9.17) is 14.6 Å². The van der Waals surface area contributed by atoms with Gasteiger partial charge in [0.15, 0.2) is 0 Å². The lowest BCUT2D eigenvalue weighted by Crippen LogP contribution is -2.60. The number of ether oxygens (including phenoxy) is 1. The number of rotatable bonds is 10. The first-order chi connectivity index (χ1) is 23.9. The highest BCUT2D eigenvalue weighted by Crippen LogP contribution is 2.32. The Morgan fingerprint density at radius 3 is 2.26 bits per heavy atom. The highest BCUT2D eigenvalue weighted by atomic mass is 32.1. The predicted molar refractivity (Wildman–Crippen MR) is 187 cm³/mol. The molecule has 1 saturated carbocycles. The fourth-order valence-corrected chi connectivity index (χ4v) is 8.12. The standard InChI is InChI=1S/C35H46N4O3S.C2HF3O2/c1-26-9-10-29-23-32(43-31(29)21-26)33(40)37-35(13-5-6-14-35)34(41)36-30(22-27-7-3-2-4-8-27)25-39-17-15-38(16-18-39)24-28-11-19-42-20-12-28;3-2(4,5)1(6)7/h2-4,7-10,21,23,28,30H,5-6,11-20,22,24-25H2,1H3,(H,36,41)(H,37,40);(H,6,7)/t30-;/m1./s1. The first-order valence-corrected chi connectivity index (χ1v) is 18.2. The Labute approximate surface area is 295 Å². The molecule has 272 valence electrons. The summed E-state index contributed by atoms with van der Waals surface area (Å²) in [5.41, 5.74) is 1.54. The summed E-state index contributed by atoms with van der Waals surface area (Å²) in [5.74, 6) is -2.18. The lowest BCUT2D eigenvalue weighted by molar-refractivity contribution is -0.192. The van der Waals surface area contributed by atoms with Gasteiger partial charge in [0.2, 0.25) is 5.91 Å². The molecule has 1 atom stereocenters. The van der Waals surface area contributed by atoms with E-state index in [1.807, 2.05) is 12.1 Å². The summed E-state index contributed by atoms with van der Waals surface area (Å²) in [5, 5.41) is 14.9. The van der Waals surface area contributed by atoms with Crippen LogP contribution in [0.5, 0.6) is 0 Å². The van der Waals surface area contributed by atoms with Gasteiger partial charge < -0.3 is 25.4 Å². The number of carbonyl (C=O) groups excluding carboxylic acids is 2. The maximum atomic E-state index is 14.1. The van der Waals surface area contributed by atoms with Gasteiger partial charge >= 0.3 is 12.1 Å². The molecule has 3 heterocycles. The van der Waals surface area contributed by atoms with E-state index in [1.54, 1.807) is 0 Å². The molecular formula is C37H47F3N4O5S. The van der Waals surface area contributed by atoms with Crippen molar-refractivity contribution >= 4 is 39.2 Å². The van der Waals surface area contributed by atoms with Gasteiger partial charge in [-0.1, -0.05) is 55.3 Å². The average Bonchev–Trinajstić information content (AvgIpc) is 3.74. The first-order valence-electron chi connectivity index (χ1n) is 17.4. The second-order valence-corrected chi connectivity index (χ2v) is 14.8. The van der Waals surface area contributed by atoms with Crippen LogP contribution < -0.4 is 10.6 Å². The molecule has 2 amide bonds. The van der Waals surface area contributed by atoms with Gasteiger partial charge in [0.1, 0.15) is 5.54 Å². The third kappa shape index (κ3) is 10.5. The van der Waals surface area contributed by atoms with Gasteiger partial charge in [-0.05, 0) is 73.6 Å². The van der Waals surface area contributed by atoms with Gasteiger partial charge in [-0.15, -0.1) is 11.3 Å². The van der Waals surface area contributed by atoms with Crippen molar-refractivity contribution in [2.75, 3.05) is 52.5 Å². The summed E-state index contributed by atoms with van der Waals surface area (Å²) in [6.07, 6.45) is 1.28. The summed E-state index contributed by atoms with van der Waals surface area (Å²) in [7, 11) is 0. The Balaban J connectivity index is 0.000000630. The summed E-state index contributed by atoms with van der Waals surface area (Å²) in [4.78, 5) is 42.3. The molecule has 9 nitrogen and oxygen atoms in total. The maximum Gasteiger partial charge on any atom is 0.490 e. The van der Waals surface area contributed by atoms with E-state index in [1.165, 1.54) is 41.9 Å². The minimum Gasteiger partial charge on any atom is -0.475 e. The van der Waals surface area contributed by atoms with Gasteiger partial charge in [-0.3, -0.25) is 14.5 Å². The number of carbonyl (C=O) groups is 3. The van der Waals surface area contributed by atoms with Gasteiger partial charge in [-0.25, -0.2) is 4.79 Å². The maximum absolute atomic E-state index is 14.1. The van der Waals surface area contributed by atoms with Crippen molar-refractivity contribution in [3.05, 3.63) is 70.6 Å². The summed E-state index contributed by atoms with van der Waals surface area (Å²) >= 11 is 1.50. The monoisotopic (exact) mass is 716 g/mol. The summed E-state index contributed by atoms with van der Waals surface area (Å²) < 4.78 is 38.4.